The first-order chi connectivity index (χ1) is 11.0. The van der Waals surface area contributed by atoms with Crippen molar-refractivity contribution in [2.24, 2.45) is 0 Å². The number of ether oxygens (including phenoxy) is 4. The molecular weight excluding hydrogens is 348 g/mol. The normalized spacial score (nSPS) is 30.7. The highest BCUT2D eigenvalue weighted by Crippen LogP contribution is 2.25. The Bertz CT molecular complexity index is 510. The zero-order valence-corrected chi connectivity index (χ0v) is 13.7. The van der Waals surface area contributed by atoms with Crippen molar-refractivity contribution in [3.05, 3.63) is 29.3 Å². The Morgan fingerprint density at radius 3 is 2.48 bits per heavy atom. The summed E-state index contributed by atoms with van der Waals surface area (Å²) in [6.07, 6.45) is -5.85. The number of aliphatic hydroxyl groups is 3. The lowest BCUT2D eigenvalue weighted by Gasteiger charge is -2.40. The fourth-order valence-electron chi connectivity index (χ4n) is 2.12. The molecule has 9 heteroatoms. The van der Waals surface area contributed by atoms with Gasteiger partial charge in [-0.15, -0.1) is 0 Å². The average molecular weight is 365 g/mol. The largest absolute Gasteiger partial charge is 0.447 e. The van der Waals surface area contributed by atoms with Crippen LogP contribution >= 0.6 is 23.8 Å². The van der Waals surface area contributed by atoms with E-state index >= 15 is 0 Å². The highest BCUT2D eigenvalue weighted by Gasteiger charge is 2.46. The molecule has 0 bridgehead atoms. The van der Waals surface area contributed by atoms with Crippen LogP contribution in [0.2, 0.25) is 5.02 Å². The minimum Gasteiger partial charge on any atom is -0.447 e. The number of halogens is 1. The number of benzene rings is 1. The van der Waals surface area contributed by atoms with Gasteiger partial charge in [0.05, 0.1) is 6.61 Å². The Labute approximate surface area is 143 Å². The molecule has 2 rings (SSSR count). The van der Waals surface area contributed by atoms with Gasteiger partial charge in [0.1, 0.15) is 24.1 Å². The summed E-state index contributed by atoms with van der Waals surface area (Å²) in [6.45, 7) is -0.474. The molecule has 23 heavy (non-hydrogen) atoms. The lowest BCUT2D eigenvalue weighted by molar-refractivity contribution is -0.292. The molecule has 1 aromatic rings. The van der Waals surface area contributed by atoms with Gasteiger partial charge in [-0.1, -0.05) is 11.6 Å². The van der Waals surface area contributed by atoms with E-state index in [2.05, 4.69) is 0 Å². The molecule has 0 spiro atoms. The molecule has 1 heterocycles. The summed E-state index contributed by atoms with van der Waals surface area (Å²) in [5.74, 6) is 0.387. The van der Waals surface area contributed by atoms with Gasteiger partial charge in [-0.2, -0.15) is 0 Å². The first kappa shape index (κ1) is 18.3. The quantitative estimate of drug-likeness (QED) is 0.663. The molecule has 1 saturated heterocycles. The van der Waals surface area contributed by atoms with E-state index in [1.165, 1.54) is 7.11 Å². The fraction of sp³-hybridized carbons (Fsp3) is 0.500. The van der Waals surface area contributed by atoms with Gasteiger partial charge in [0.2, 0.25) is 0 Å². The third-order valence-electron chi connectivity index (χ3n) is 3.30. The van der Waals surface area contributed by atoms with Crippen molar-refractivity contribution in [3.8, 4) is 5.75 Å². The van der Waals surface area contributed by atoms with E-state index in [-0.39, 0.29) is 5.24 Å². The summed E-state index contributed by atoms with van der Waals surface area (Å²) >= 11 is 10.7. The second kappa shape index (κ2) is 8.20. The van der Waals surface area contributed by atoms with E-state index < -0.39 is 37.3 Å². The van der Waals surface area contributed by atoms with E-state index in [4.69, 9.17) is 42.8 Å². The maximum Gasteiger partial charge on any atom is 0.358 e. The molecule has 5 atom stereocenters. The molecule has 0 amide bonds. The molecule has 0 aromatic heterocycles. The van der Waals surface area contributed by atoms with E-state index in [9.17, 15) is 15.3 Å². The third-order valence-corrected chi connectivity index (χ3v) is 3.73. The molecular formula is C14H17ClO7S. The minimum absolute atomic E-state index is 0.302. The summed E-state index contributed by atoms with van der Waals surface area (Å²) in [5.41, 5.74) is 0. The van der Waals surface area contributed by atoms with Crippen LogP contribution in [0, 0.1) is 0 Å². The molecule has 128 valence electrons. The van der Waals surface area contributed by atoms with Crippen LogP contribution in [0.5, 0.6) is 5.75 Å². The van der Waals surface area contributed by atoms with Gasteiger partial charge in [0.15, 0.2) is 12.4 Å². The summed E-state index contributed by atoms with van der Waals surface area (Å²) < 4.78 is 20.8. The Kier molecular flexibility index (Phi) is 6.54. The van der Waals surface area contributed by atoms with Crippen molar-refractivity contribution >= 4 is 29.1 Å². The van der Waals surface area contributed by atoms with Crippen LogP contribution in [-0.2, 0) is 14.2 Å². The second-order valence-corrected chi connectivity index (χ2v) is 5.60. The predicted molar refractivity (Wildman–Crippen MR) is 84.3 cm³/mol. The van der Waals surface area contributed by atoms with Gasteiger partial charge >= 0.3 is 5.24 Å². The van der Waals surface area contributed by atoms with Crippen LogP contribution in [0.3, 0.4) is 0 Å². The van der Waals surface area contributed by atoms with Gasteiger partial charge in [0, 0.05) is 24.4 Å². The van der Waals surface area contributed by atoms with E-state index in [1.54, 1.807) is 24.3 Å². The van der Waals surface area contributed by atoms with Gasteiger partial charge in [-0.3, -0.25) is 0 Å². The summed E-state index contributed by atoms with van der Waals surface area (Å²) in [4.78, 5) is 0. The van der Waals surface area contributed by atoms with Crippen molar-refractivity contribution in [3.63, 3.8) is 0 Å². The monoisotopic (exact) mass is 364 g/mol. The highest BCUT2D eigenvalue weighted by atomic mass is 35.5. The second-order valence-electron chi connectivity index (χ2n) is 4.83. The zero-order valence-electron chi connectivity index (χ0n) is 12.2. The number of hydrogen-bond donors (Lipinski definition) is 3. The summed E-state index contributed by atoms with van der Waals surface area (Å²) in [5, 5.41) is 29.7. The summed E-state index contributed by atoms with van der Waals surface area (Å²) in [6, 6.07) is 6.40. The molecule has 1 aliphatic heterocycles. The smallest absolute Gasteiger partial charge is 0.358 e. The molecule has 1 fully saturated rings. The summed E-state index contributed by atoms with van der Waals surface area (Å²) in [7, 11) is 1.32. The van der Waals surface area contributed by atoms with Crippen molar-refractivity contribution in [2.45, 2.75) is 30.7 Å². The van der Waals surface area contributed by atoms with Crippen molar-refractivity contribution in [2.75, 3.05) is 13.7 Å². The Hall–Kier alpha value is -1.00. The van der Waals surface area contributed by atoms with Crippen molar-refractivity contribution in [1.82, 2.24) is 0 Å². The van der Waals surface area contributed by atoms with Gasteiger partial charge in [0.25, 0.3) is 0 Å². The molecule has 0 radical (unpaired) electrons. The number of thiocarbonyl (C=S) groups is 1. The van der Waals surface area contributed by atoms with Crippen LogP contribution in [0.4, 0.5) is 0 Å². The fourth-order valence-corrected chi connectivity index (χ4v) is 2.45. The van der Waals surface area contributed by atoms with E-state index in [0.29, 0.717) is 10.8 Å². The molecule has 0 aliphatic carbocycles. The average Bonchev–Trinajstić information content (AvgIpc) is 2.54. The zero-order chi connectivity index (χ0) is 17.0. The maximum atomic E-state index is 10.1. The van der Waals surface area contributed by atoms with Gasteiger partial charge in [-0.05, 0) is 24.3 Å². The lowest BCUT2D eigenvalue weighted by Crippen LogP contribution is -2.60. The first-order valence-electron chi connectivity index (χ1n) is 6.75. The Morgan fingerprint density at radius 1 is 1.26 bits per heavy atom. The van der Waals surface area contributed by atoms with Crippen LogP contribution in [0.15, 0.2) is 24.3 Å². The molecule has 1 aliphatic rings. The van der Waals surface area contributed by atoms with Crippen LogP contribution in [-0.4, -0.2) is 65.0 Å². The lowest BCUT2D eigenvalue weighted by atomic mass is 9.99. The number of aliphatic hydroxyl groups excluding tert-OH is 3. The predicted octanol–water partition coefficient (Wildman–Crippen LogP) is 0.474. The molecule has 0 saturated carbocycles. The molecule has 7 nitrogen and oxygen atoms in total. The Balaban J connectivity index is 2.03. The molecule has 0 unspecified atom stereocenters. The standard InChI is InChI=1S/C14H17ClO7S/c1-19-13-11(18)12(10(17)9(6-16)21-13)22-14(23)20-8-4-2-7(15)3-5-8/h2-5,9-13,16-18H,6H2,1H3/t9-,10-,11+,12+,13+/m1/s1. The molecule has 1 aromatic carbocycles. The van der Waals surface area contributed by atoms with E-state index in [1.807, 2.05) is 0 Å². The van der Waals surface area contributed by atoms with Gasteiger partial charge in [-0.25, -0.2) is 0 Å². The topological polar surface area (TPSA) is 97.6 Å². The maximum absolute atomic E-state index is 10.1. The molecule has 3 N–H and O–H groups in total. The Morgan fingerprint density at radius 2 is 1.91 bits per heavy atom. The van der Waals surface area contributed by atoms with Gasteiger partial charge < -0.3 is 34.3 Å². The third kappa shape index (κ3) is 4.51. The minimum atomic E-state index is -1.32. The number of rotatable bonds is 4. The van der Waals surface area contributed by atoms with Crippen LogP contribution in [0.1, 0.15) is 0 Å². The first-order valence-corrected chi connectivity index (χ1v) is 7.54. The van der Waals surface area contributed by atoms with E-state index in [0.717, 1.165) is 0 Å². The highest BCUT2D eigenvalue weighted by molar-refractivity contribution is 7.79. The van der Waals surface area contributed by atoms with Crippen LogP contribution in [0.25, 0.3) is 0 Å². The van der Waals surface area contributed by atoms with Crippen LogP contribution < -0.4 is 4.74 Å². The number of hydrogen-bond acceptors (Lipinski definition) is 8. The number of methoxy groups -OCH3 is 1. The van der Waals surface area contributed by atoms with Crippen molar-refractivity contribution < 1.29 is 34.3 Å². The van der Waals surface area contributed by atoms with Crippen molar-refractivity contribution in [1.29, 1.82) is 0 Å². The SMILES string of the molecule is CO[C@H]1O[C@H](CO)[C@@H](O)[C@H](OC(=S)Oc2ccc(Cl)cc2)[C@@H]1O.